The van der Waals surface area contributed by atoms with E-state index < -0.39 is 0 Å². The van der Waals surface area contributed by atoms with Gasteiger partial charge in [-0.1, -0.05) is 6.92 Å². The Bertz CT molecular complexity index is 397. The van der Waals surface area contributed by atoms with Crippen LogP contribution in [0.1, 0.15) is 38.7 Å². The summed E-state index contributed by atoms with van der Waals surface area (Å²) in [4.78, 5) is 11.7. The molecule has 0 aromatic carbocycles. The first-order valence-electron chi connectivity index (χ1n) is 6.74. The third-order valence-corrected chi connectivity index (χ3v) is 3.07. The van der Waals surface area contributed by atoms with E-state index >= 15 is 0 Å². The van der Waals surface area contributed by atoms with Crippen molar-refractivity contribution in [2.45, 2.75) is 58.3 Å². The van der Waals surface area contributed by atoms with Gasteiger partial charge in [0, 0.05) is 30.9 Å². The van der Waals surface area contributed by atoms with E-state index in [1.54, 1.807) is 0 Å². The first kappa shape index (κ1) is 13.1. The molecule has 1 aliphatic carbocycles. The SMILES string of the molecule is CCCn1cc(CNC(C)C(=O)NC2CC2)cn1. The molecule has 0 bridgehead atoms. The van der Waals surface area contributed by atoms with E-state index in [9.17, 15) is 4.79 Å². The number of carbonyl (C=O) groups is 1. The highest BCUT2D eigenvalue weighted by Gasteiger charge is 2.25. The number of nitrogens with one attached hydrogen (secondary N) is 2. The standard InChI is InChI=1S/C13H22N4O/c1-3-6-17-9-11(8-15-17)7-14-10(2)13(18)16-12-4-5-12/h8-10,12,14H,3-7H2,1-2H3,(H,16,18). The maximum Gasteiger partial charge on any atom is 0.237 e. The van der Waals surface area contributed by atoms with E-state index in [1.165, 1.54) is 0 Å². The minimum atomic E-state index is -0.153. The molecule has 1 aromatic rings. The molecule has 0 saturated heterocycles. The maximum atomic E-state index is 11.7. The lowest BCUT2D eigenvalue weighted by Gasteiger charge is -2.12. The summed E-state index contributed by atoms with van der Waals surface area (Å²) in [6.07, 6.45) is 7.22. The van der Waals surface area contributed by atoms with Crippen molar-refractivity contribution in [3.05, 3.63) is 18.0 Å². The molecule has 1 unspecified atom stereocenters. The fourth-order valence-corrected chi connectivity index (χ4v) is 1.77. The van der Waals surface area contributed by atoms with Gasteiger partial charge in [-0.3, -0.25) is 9.48 Å². The second kappa shape index (κ2) is 6.00. The summed E-state index contributed by atoms with van der Waals surface area (Å²) in [6, 6.07) is 0.272. The van der Waals surface area contributed by atoms with Gasteiger partial charge in [0.1, 0.15) is 0 Å². The highest BCUT2D eigenvalue weighted by Crippen LogP contribution is 2.18. The summed E-state index contributed by atoms with van der Waals surface area (Å²) < 4.78 is 1.94. The largest absolute Gasteiger partial charge is 0.352 e. The van der Waals surface area contributed by atoms with Crippen LogP contribution >= 0.6 is 0 Å². The van der Waals surface area contributed by atoms with Gasteiger partial charge in [-0.15, -0.1) is 0 Å². The molecule has 100 valence electrons. The van der Waals surface area contributed by atoms with Gasteiger partial charge in [0.25, 0.3) is 0 Å². The minimum absolute atomic E-state index is 0.0958. The molecule has 5 heteroatoms. The van der Waals surface area contributed by atoms with E-state index in [1.807, 2.05) is 24.0 Å². The third-order valence-electron chi connectivity index (χ3n) is 3.07. The topological polar surface area (TPSA) is 59.0 Å². The number of aryl methyl sites for hydroxylation is 1. The lowest BCUT2D eigenvalue weighted by molar-refractivity contribution is -0.122. The van der Waals surface area contributed by atoms with Crippen LogP contribution in [0.5, 0.6) is 0 Å². The van der Waals surface area contributed by atoms with Gasteiger partial charge in [-0.25, -0.2) is 0 Å². The van der Waals surface area contributed by atoms with Crippen molar-refractivity contribution in [2.24, 2.45) is 0 Å². The van der Waals surface area contributed by atoms with Crippen LogP contribution in [-0.4, -0.2) is 27.8 Å². The number of rotatable bonds is 7. The van der Waals surface area contributed by atoms with Gasteiger partial charge >= 0.3 is 0 Å². The molecule has 1 atom stereocenters. The summed E-state index contributed by atoms with van der Waals surface area (Å²) in [6.45, 7) is 5.65. The normalized spacial score (nSPS) is 16.6. The Labute approximate surface area is 108 Å². The van der Waals surface area contributed by atoms with Crippen LogP contribution in [0.15, 0.2) is 12.4 Å². The predicted octanol–water partition coefficient (Wildman–Crippen LogP) is 1.05. The Balaban J connectivity index is 1.73. The molecular weight excluding hydrogens is 228 g/mol. The Hall–Kier alpha value is -1.36. The summed E-state index contributed by atoms with van der Waals surface area (Å²) >= 11 is 0. The monoisotopic (exact) mass is 250 g/mol. The molecule has 0 radical (unpaired) electrons. The zero-order valence-corrected chi connectivity index (χ0v) is 11.1. The van der Waals surface area contributed by atoms with Crippen molar-refractivity contribution >= 4 is 5.91 Å². The molecule has 1 amide bonds. The molecule has 1 saturated carbocycles. The average Bonchev–Trinajstić information content (AvgIpc) is 3.05. The van der Waals surface area contributed by atoms with Crippen LogP contribution in [-0.2, 0) is 17.9 Å². The summed E-state index contributed by atoms with van der Waals surface area (Å²) in [5.74, 6) is 0.0958. The molecule has 18 heavy (non-hydrogen) atoms. The number of nitrogens with zero attached hydrogens (tertiary/aromatic N) is 2. The molecule has 2 rings (SSSR count). The molecule has 2 N–H and O–H groups in total. The van der Waals surface area contributed by atoms with E-state index in [2.05, 4.69) is 22.7 Å². The van der Waals surface area contributed by atoms with Gasteiger partial charge in [-0.05, 0) is 26.2 Å². The van der Waals surface area contributed by atoms with Crippen LogP contribution in [0, 0.1) is 0 Å². The van der Waals surface area contributed by atoms with E-state index in [-0.39, 0.29) is 11.9 Å². The molecular formula is C13H22N4O. The smallest absolute Gasteiger partial charge is 0.237 e. The molecule has 5 nitrogen and oxygen atoms in total. The van der Waals surface area contributed by atoms with Gasteiger partial charge in [-0.2, -0.15) is 5.10 Å². The van der Waals surface area contributed by atoms with Crippen molar-refractivity contribution in [3.63, 3.8) is 0 Å². The van der Waals surface area contributed by atoms with Gasteiger partial charge in [0.2, 0.25) is 5.91 Å². The van der Waals surface area contributed by atoms with Crippen molar-refractivity contribution in [1.82, 2.24) is 20.4 Å². The number of amides is 1. The predicted molar refractivity (Wildman–Crippen MR) is 70.0 cm³/mol. The van der Waals surface area contributed by atoms with Gasteiger partial charge < -0.3 is 10.6 Å². The Morgan fingerprint density at radius 2 is 2.39 bits per heavy atom. The van der Waals surface area contributed by atoms with E-state index in [0.29, 0.717) is 12.6 Å². The molecule has 1 aromatic heterocycles. The zero-order chi connectivity index (χ0) is 13.0. The second-order valence-electron chi connectivity index (χ2n) is 5.00. The summed E-state index contributed by atoms with van der Waals surface area (Å²) in [5.41, 5.74) is 1.12. The quantitative estimate of drug-likeness (QED) is 0.760. The van der Waals surface area contributed by atoms with Crippen LogP contribution in [0.4, 0.5) is 0 Å². The van der Waals surface area contributed by atoms with E-state index in [0.717, 1.165) is 31.4 Å². The molecule has 0 spiro atoms. The van der Waals surface area contributed by atoms with E-state index in [4.69, 9.17) is 0 Å². The first-order valence-corrected chi connectivity index (χ1v) is 6.74. The minimum Gasteiger partial charge on any atom is -0.352 e. The summed E-state index contributed by atoms with van der Waals surface area (Å²) in [7, 11) is 0. The lowest BCUT2D eigenvalue weighted by Crippen LogP contribution is -2.42. The fourth-order valence-electron chi connectivity index (χ4n) is 1.77. The number of carbonyl (C=O) groups excluding carboxylic acids is 1. The Morgan fingerprint density at radius 1 is 1.61 bits per heavy atom. The van der Waals surface area contributed by atoms with Crippen LogP contribution < -0.4 is 10.6 Å². The molecule has 1 aliphatic rings. The highest BCUT2D eigenvalue weighted by atomic mass is 16.2. The number of hydrogen-bond donors (Lipinski definition) is 2. The van der Waals surface area contributed by atoms with Crippen LogP contribution in [0.3, 0.4) is 0 Å². The third kappa shape index (κ3) is 3.84. The first-order chi connectivity index (χ1) is 8.69. The highest BCUT2D eigenvalue weighted by molar-refractivity contribution is 5.81. The second-order valence-corrected chi connectivity index (χ2v) is 5.00. The zero-order valence-electron chi connectivity index (χ0n) is 11.1. The Morgan fingerprint density at radius 3 is 3.06 bits per heavy atom. The van der Waals surface area contributed by atoms with Crippen molar-refractivity contribution < 1.29 is 4.79 Å². The average molecular weight is 250 g/mol. The van der Waals surface area contributed by atoms with Crippen molar-refractivity contribution in [1.29, 1.82) is 0 Å². The van der Waals surface area contributed by atoms with Crippen molar-refractivity contribution in [3.8, 4) is 0 Å². The number of aromatic nitrogens is 2. The Kier molecular flexibility index (Phi) is 4.36. The molecule has 1 heterocycles. The number of hydrogen-bond acceptors (Lipinski definition) is 3. The molecule has 1 fully saturated rings. The lowest BCUT2D eigenvalue weighted by atomic mass is 10.2. The fraction of sp³-hybridized carbons (Fsp3) is 0.692. The van der Waals surface area contributed by atoms with Crippen LogP contribution in [0.25, 0.3) is 0 Å². The van der Waals surface area contributed by atoms with Gasteiger partial charge in [0.05, 0.1) is 12.2 Å². The summed E-state index contributed by atoms with van der Waals surface area (Å²) in [5, 5.41) is 10.5. The molecule has 0 aliphatic heterocycles. The van der Waals surface area contributed by atoms with Gasteiger partial charge in [0.15, 0.2) is 0 Å². The van der Waals surface area contributed by atoms with Crippen LogP contribution in [0.2, 0.25) is 0 Å². The maximum absolute atomic E-state index is 11.7. The van der Waals surface area contributed by atoms with Crippen molar-refractivity contribution in [2.75, 3.05) is 0 Å².